The summed E-state index contributed by atoms with van der Waals surface area (Å²) in [5.41, 5.74) is 2.09. The van der Waals surface area contributed by atoms with Crippen LogP contribution in [0, 0.1) is 18.7 Å². The topological polar surface area (TPSA) is 49.4 Å². The van der Waals surface area contributed by atoms with Gasteiger partial charge in [0.2, 0.25) is 11.8 Å². The zero-order chi connectivity index (χ0) is 21.6. The average molecular weight is 419 g/mol. The van der Waals surface area contributed by atoms with Crippen molar-refractivity contribution in [3.63, 3.8) is 0 Å². The zero-order valence-corrected chi connectivity index (χ0v) is 18.1. The predicted molar refractivity (Wildman–Crippen MR) is 114 cm³/mol. The Kier molecular flexibility index (Phi) is 8.21. The van der Waals surface area contributed by atoms with Crippen LogP contribution in [-0.4, -0.2) is 29.3 Å². The Morgan fingerprint density at radius 3 is 2.41 bits per heavy atom. The van der Waals surface area contributed by atoms with Gasteiger partial charge >= 0.3 is 0 Å². The highest BCUT2D eigenvalue weighted by Gasteiger charge is 2.27. The van der Waals surface area contributed by atoms with Crippen molar-refractivity contribution in [3.8, 4) is 0 Å². The molecule has 0 saturated carbocycles. The molecule has 0 bridgehead atoms. The van der Waals surface area contributed by atoms with E-state index in [-0.39, 0.29) is 35.4 Å². The van der Waals surface area contributed by atoms with Crippen LogP contribution >= 0.6 is 11.6 Å². The summed E-state index contributed by atoms with van der Waals surface area (Å²) < 4.78 is 14.2. The van der Waals surface area contributed by atoms with Gasteiger partial charge in [-0.2, -0.15) is 0 Å². The maximum Gasteiger partial charge on any atom is 0.242 e. The normalized spacial score (nSPS) is 12.0. The number of hydrogen-bond donors (Lipinski definition) is 1. The molecule has 0 spiro atoms. The van der Waals surface area contributed by atoms with E-state index in [1.165, 1.54) is 17.0 Å². The number of rotatable bonds is 8. The minimum absolute atomic E-state index is 0.142. The van der Waals surface area contributed by atoms with E-state index in [1.807, 2.05) is 45.0 Å². The highest BCUT2D eigenvalue weighted by Crippen LogP contribution is 2.22. The van der Waals surface area contributed by atoms with Crippen LogP contribution in [-0.2, 0) is 22.6 Å². The van der Waals surface area contributed by atoms with Crippen molar-refractivity contribution in [2.24, 2.45) is 5.92 Å². The minimum atomic E-state index is -0.702. The van der Waals surface area contributed by atoms with Crippen LogP contribution in [0.15, 0.2) is 42.5 Å². The lowest BCUT2D eigenvalue weighted by Crippen LogP contribution is -2.48. The summed E-state index contributed by atoms with van der Waals surface area (Å²) >= 11 is 6.10. The van der Waals surface area contributed by atoms with Gasteiger partial charge in [-0.05, 0) is 43.0 Å². The molecule has 0 radical (unpaired) electrons. The first-order valence-electron chi connectivity index (χ1n) is 9.75. The first-order chi connectivity index (χ1) is 13.7. The van der Waals surface area contributed by atoms with Crippen LogP contribution in [0.1, 0.15) is 37.5 Å². The van der Waals surface area contributed by atoms with E-state index in [4.69, 9.17) is 11.6 Å². The zero-order valence-electron chi connectivity index (χ0n) is 17.3. The van der Waals surface area contributed by atoms with E-state index < -0.39 is 11.9 Å². The van der Waals surface area contributed by atoms with Crippen LogP contribution < -0.4 is 5.32 Å². The van der Waals surface area contributed by atoms with Gasteiger partial charge in [0.15, 0.2) is 0 Å². The molecule has 6 heteroatoms. The fraction of sp³-hybridized carbons (Fsp3) is 0.391. The van der Waals surface area contributed by atoms with E-state index in [0.717, 1.165) is 11.1 Å². The molecule has 2 rings (SSSR count). The molecule has 0 unspecified atom stereocenters. The SMILES string of the molecule is Cc1ccccc1CN(C(=O)Cc1c(F)cccc1Cl)[C@H](C)C(=O)NCC(C)C. The highest BCUT2D eigenvalue weighted by atomic mass is 35.5. The average Bonchev–Trinajstić information content (AvgIpc) is 2.67. The molecule has 0 saturated heterocycles. The first-order valence-corrected chi connectivity index (χ1v) is 10.1. The van der Waals surface area contributed by atoms with Crippen molar-refractivity contribution in [1.82, 2.24) is 10.2 Å². The van der Waals surface area contributed by atoms with Crippen LogP contribution in [0.2, 0.25) is 5.02 Å². The predicted octanol–water partition coefficient (Wildman–Crippen LogP) is 4.52. The Balaban J connectivity index is 2.29. The molecule has 1 atom stereocenters. The van der Waals surface area contributed by atoms with Gasteiger partial charge in [-0.25, -0.2) is 4.39 Å². The summed E-state index contributed by atoms with van der Waals surface area (Å²) in [6.45, 7) is 8.43. The molecule has 2 amide bonds. The number of carbonyl (C=O) groups is 2. The second-order valence-electron chi connectivity index (χ2n) is 7.64. The highest BCUT2D eigenvalue weighted by molar-refractivity contribution is 6.31. The van der Waals surface area contributed by atoms with Crippen molar-refractivity contribution < 1.29 is 14.0 Å². The largest absolute Gasteiger partial charge is 0.354 e. The fourth-order valence-electron chi connectivity index (χ4n) is 2.96. The Bertz CT molecular complexity index is 849. The fourth-order valence-corrected chi connectivity index (χ4v) is 3.19. The smallest absolute Gasteiger partial charge is 0.242 e. The molecule has 0 aliphatic carbocycles. The van der Waals surface area contributed by atoms with E-state index >= 15 is 0 Å². The lowest BCUT2D eigenvalue weighted by Gasteiger charge is -2.30. The molecule has 2 aromatic carbocycles. The van der Waals surface area contributed by atoms with Gasteiger partial charge in [-0.15, -0.1) is 0 Å². The van der Waals surface area contributed by atoms with Gasteiger partial charge in [-0.3, -0.25) is 9.59 Å². The summed E-state index contributed by atoms with van der Waals surface area (Å²) in [6, 6.07) is 11.3. The third kappa shape index (κ3) is 6.29. The molecule has 0 aliphatic heterocycles. The van der Waals surface area contributed by atoms with Crippen molar-refractivity contribution >= 4 is 23.4 Å². The number of aryl methyl sites for hydroxylation is 1. The third-order valence-electron chi connectivity index (χ3n) is 4.84. The third-order valence-corrected chi connectivity index (χ3v) is 5.20. The number of amides is 2. The molecular formula is C23H28ClFN2O2. The van der Waals surface area contributed by atoms with Crippen molar-refractivity contribution in [2.75, 3.05) is 6.54 Å². The molecule has 156 valence electrons. The first kappa shape index (κ1) is 22.9. The van der Waals surface area contributed by atoms with Gasteiger partial charge in [0.1, 0.15) is 11.9 Å². The van der Waals surface area contributed by atoms with Gasteiger partial charge in [0.05, 0.1) is 6.42 Å². The quantitative estimate of drug-likeness (QED) is 0.685. The lowest BCUT2D eigenvalue weighted by atomic mass is 10.1. The second kappa shape index (κ2) is 10.4. The number of hydrogen-bond acceptors (Lipinski definition) is 2. The molecule has 1 N–H and O–H groups in total. The summed E-state index contributed by atoms with van der Waals surface area (Å²) in [5.74, 6) is -0.824. The maximum atomic E-state index is 14.2. The summed E-state index contributed by atoms with van der Waals surface area (Å²) in [4.78, 5) is 27.3. The van der Waals surface area contributed by atoms with Crippen molar-refractivity contribution in [3.05, 3.63) is 70.0 Å². The number of halogens is 2. The van der Waals surface area contributed by atoms with Gasteiger partial charge in [0, 0.05) is 23.7 Å². The van der Waals surface area contributed by atoms with Crippen molar-refractivity contribution in [2.45, 2.75) is 46.7 Å². The van der Waals surface area contributed by atoms with E-state index in [0.29, 0.717) is 12.5 Å². The molecule has 0 heterocycles. The number of carbonyl (C=O) groups excluding carboxylic acids is 2. The van der Waals surface area contributed by atoms with Crippen LogP contribution in [0.5, 0.6) is 0 Å². The number of benzene rings is 2. The molecule has 0 aliphatic rings. The molecule has 29 heavy (non-hydrogen) atoms. The van der Waals surface area contributed by atoms with E-state index in [9.17, 15) is 14.0 Å². The van der Waals surface area contributed by atoms with Gasteiger partial charge < -0.3 is 10.2 Å². The van der Waals surface area contributed by atoms with E-state index in [2.05, 4.69) is 5.32 Å². The second-order valence-corrected chi connectivity index (χ2v) is 8.05. The molecule has 0 aromatic heterocycles. The van der Waals surface area contributed by atoms with Crippen LogP contribution in [0.25, 0.3) is 0 Å². The molecule has 4 nitrogen and oxygen atoms in total. The number of nitrogens with one attached hydrogen (secondary N) is 1. The lowest BCUT2D eigenvalue weighted by molar-refractivity contribution is -0.140. The monoisotopic (exact) mass is 418 g/mol. The Morgan fingerprint density at radius 2 is 1.79 bits per heavy atom. The summed E-state index contributed by atoms with van der Waals surface area (Å²) in [7, 11) is 0. The molecular weight excluding hydrogens is 391 g/mol. The summed E-state index contributed by atoms with van der Waals surface area (Å²) in [6.07, 6.45) is -0.209. The van der Waals surface area contributed by atoms with E-state index in [1.54, 1.807) is 13.0 Å². The Hall–Kier alpha value is -2.40. The van der Waals surface area contributed by atoms with Crippen LogP contribution in [0.4, 0.5) is 4.39 Å². The molecule has 2 aromatic rings. The van der Waals surface area contributed by atoms with Gasteiger partial charge in [-0.1, -0.05) is 55.8 Å². The van der Waals surface area contributed by atoms with Gasteiger partial charge in [0.25, 0.3) is 0 Å². The Morgan fingerprint density at radius 1 is 1.10 bits per heavy atom. The van der Waals surface area contributed by atoms with Crippen molar-refractivity contribution in [1.29, 1.82) is 0 Å². The standard InChI is InChI=1S/C23H28ClFN2O2/c1-15(2)13-26-23(29)17(4)27(14-18-9-6-5-8-16(18)3)22(28)12-19-20(24)10-7-11-21(19)25/h5-11,15,17H,12-14H2,1-4H3,(H,26,29)/t17-/m1/s1. The maximum absolute atomic E-state index is 14.2. The molecule has 0 fully saturated rings. The summed E-state index contributed by atoms with van der Waals surface area (Å²) in [5, 5.41) is 3.07. The number of nitrogens with zero attached hydrogens (tertiary/aromatic N) is 1. The minimum Gasteiger partial charge on any atom is -0.354 e. The Labute approximate surface area is 177 Å². The van der Waals surface area contributed by atoms with Crippen LogP contribution in [0.3, 0.4) is 0 Å².